The van der Waals surface area contributed by atoms with Gasteiger partial charge in [0, 0.05) is 17.8 Å². The summed E-state index contributed by atoms with van der Waals surface area (Å²) < 4.78 is 13.4. The summed E-state index contributed by atoms with van der Waals surface area (Å²) in [7, 11) is 0. The number of nitrogens with zero attached hydrogens (tertiary/aromatic N) is 2. The van der Waals surface area contributed by atoms with E-state index in [1.165, 1.54) is 6.07 Å². The fraction of sp³-hybridized carbons (Fsp3) is 0.214. The van der Waals surface area contributed by atoms with Gasteiger partial charge in [0.1, 0.15) is 17.3 Å². The number of hydrogen-bond acceptors (Lipinski definition) is 3. The molecule has 1 aromatic carbocycles. The maximum absolute atomic E-state index is 13.4. The van der Waals surface area contributed by atoms with Crippen molar-refractivity contribution in [1.82, 2.24) is 15.3 Å². The minimum atomic E-state index is -0.336. The lowest BCUT2D eigenvalue weighted by molar-refractivity contribution is 0.0945. The molecule has 0 saturated carbocycles. The second-order valence-electron chi connectivity index (χ2n) is 4.22. The van der Waals surface area contributed by atoms with E-state index in [1.54, 1.807) is 38.1 Å². The first-order valence-electron chi connectivity index (χ1n) is 5.90. The molecule has 0 bridgehead atoms. The highest BCUT2D eigenvalue weighted by Crippen LogP contribution is 2.06. The second-order valence-corrected chi connectivity index (χ2v) is 4.22. The van der Waals surface area contributed by atoms with Crippen molar-refractivity contribution in [2.45, 2.75) is 20.4 Å². The molecular formula is C14H14FN3O. The van der Waals surface area contributed by atoms with Crippen molar-refractivity contribution in [1.29, 1.82) is 0 Å². The number of aromatic nitrogens is 2. The molecule has 0 fully saturated rings. The highest BCUT2D eigenvalue weighted by Gasteiger charge is 2.09. The molecule has 0 aliphatic heterocycles. The minimum Gasteiger partial charge on any atom is -0.347 e. The third-order valence-electron chi connectivity index (χ3n) is 2.60. The molecule has 1 amide bonds. The van der Waals surface area contributed by atoms with E-state index in [0.29, 0.717) is 17.1 Å². The first-order valence-corrected chi connectivity index (χ1v) is 5.90. The van der Waals surface area contributed by atoms with Crippen LogP contribution in [0.5, 0.6) is 0 Å². The zero-order valence-corrected chi connectivity index (χ0v) is 10.8. The van der Waals surface area contributed by atoms with Crippen LogP contribution in [-0.2, 0) is 6.54 Å². The molecule has 0 unspecified atom stereocenters. The third kappa shape index (κ3) is 3.34. The van der Waals surface area contributed by atoms with Gasteiger partial charge in [0.2, 0.25) is 0 Å². The molecule has 1 heterocycles. The van der Waals surface area contributed by atoms with Crippen LogP contribution in [0.4, 0.5) is 4.39 Å². The molecule has 1 N–H and O–H groups in total. The van der Waals surface area contributed by atoms with Crippen molar-refractivity contribution < 1.29 is 9.18 Å². The maximum Gasteiger partial charge on any atom is 0.270 e. The van der Waals surface area contributed by atoms with Crippen LogP contribution >= 0.6 is 0 Å². The van der Waals surface area contributed by atoms with Crippen LogP contribution in [0, 0.1) is 19.7 Å². The van der Waals surface area contributed by atoms with Crippen LogP contribution in [0.3, 0.4) is 0 Å². The summed E-state index contributed by atoms with van der Waals surface area (Å²) in [6.45, 7) is 3.65. The average molecular weight is 259 g/mol. The standard InChI is InChI=1S/C14H14FN3O/c1-9-7-13(18-10(2)17-9)14(19)16-8-11-5-3-4-6-12(11)15/h3-7H,8H2,1-2H3,(H,16,19). The van der Waals surface area contributed by atoms with Crippen molar-refractivity contribution >= 4 is 5.91 Å². The Hall–Kier alpha value is -2.30. The van der Waals surface area contributed by atoms with E-state index in [4.69, 9.17) is 0 Å². The van der Waals surface area contributed by atoms with Crippen LogP contribution in [0.2, 0.25) is 0 Å². The topological polar surface area (TPSA) is 54.9 Å². The Labute approximate surface area is 110 Å². The van der Waals surface area contributed by atoms with Gasteiger partial charge in [-0.3, -0.25) is 4.79 Å². The van der Waals surface area contributed by atoms with E-state index in [-0.39, 0.29) is 18.3 Å². The Morgan fingerprint density at radius 2 is 2.00 bits per heavy atom. The summed E-state index contributed by atoms with van der Waals surface area (Å²) in [6.07, 6.45) is 0. The van der Waals surface area contributed by atoms with Gasteiger partial charge in [0.25, 0.3) is 5.91 Å². The van der Waals surface area contributed by atoms with E-state index >= 15 is 0 Å². The van der Waals surface area contributed by atoms with E-state index in [0.717, 1.165) is 5.69 Å². The van der Waals surface area contributed by atoms with E-state index in [2.05, 4.69) is 15.3 Å². The molecule has 0 atom stereocenters. The summed E-state index contributed by atoms with van der Waals surface area (Å²) in [4.78, 5) is 20.1. The molecule has 0 radical (unpaired) electrons. The lowest BCUT2D eigenvalue weighted by Gasteiger charge is -2.06. The zero-order valence-electron chi connectivity index (χ0n) is 10.8. The molecule has 0 spiro atoms. The monoisotopic (exact) mass is 259 g/mol. The van der Waals surface area contributed by atoms with Gasteiger partial charge in [0.05, 0.1) is 0 Å². The summed E-state index contributed by atoms with van der Waals surface area (Å²) in [5, 5.41) is 2.64. The van der Waals surface area contributed by atoms with Crippen LogP contribution in [0.25, 0.3) is 0 Å². The van der Waals surface area contributed by atoms with E-state index in [1.807, 2.05) is 0 Å². The highest BCUT2D eigenvalue weighted by molar-refractivity contribution is 5.92. The molecule has 2 rings (SSSR count). The van der Waals surface area contributed by atoms with Crippen LogP contribution in [0.1, 0.15) is 27.6 Å². The van der Waals surface area contributed by atoms with Gasteiger partial charge in [-0.2, -0.15) is 0 Å². The summed E-state index contributed by atoms with van der Waals surface area (Å²) in [6, 6.07) is 7.93. The van der Waals surface area contributed by atoms with Crippen LogP contribution in [0.15, 0.2) is 30.3 Å². The quantitative estimate of drug-likeness (QED) is 0.919. The number of carbonyl (C=O) groups is 1. The summed E-state index contributed by atoms with van der Waals surface area (Å²) in [5.41, 5.74) is 1.46. The highest BCUT2D eigenvalue weighted by atomic mass is 19.1. The molecule has 0 aliphatic rings. The fourth-order valence-electron chi connectivity index (χ4n) is 1.74. The van der Waals surface area contributed by atoms with E-state index in [9.17, 15) is 9.18 Å². The number of benzene rings is 1. The first kappa shape index (κ1) is 13.1. The van der Waals surface area contributed by atoms with Crippen molar-refractivity contribution in [3.05, 3.63) is 58.9 Å². The Balaban J connectivity index is 2.08. The second kappa shape index (κ2) is 5.56. The molecule has 4 nitrogen and oxygen atoms in total. The third-order valence-corrected chi connectivity index (χ3v) is 2.60. The molecule has 0 saturated heterocycles. The first-order chi connectivity index (χ1) is 9.06. The largest absolute Gasteiger partial charge is 0.347 e. The molecule has 5 heteroatoms. The Bertz CT molecular complexity index is 593. The zero-order chi connectivity index (χ0) is 13.8. The summed E-state index contributed by atoms with van der Waals surface area (Å²) in [5.74, 6) is -0.134. The number of aryl methyl sites for hydroxylation is 2. The van der Waals surface area contributed by atoms with Gasteiger partial charge in [0.15, 0.2) is 0 Å². The van der Waals surface area contributed by atoms with Crippen LogP contribution in [-0.4, -0.2) is 15.9 Å². The van der Waals surface area contributed by atoms with Crippen LogP contribution < -0.4 is 5.32 Å². The SMILES string of the molecule is Cc1cc(C(=O)NCc2ccccc2F)nc(C)n1. The number of halogens is 1. The lowest BCUT2D eigenvalue weighted by atomic mass is 10.2. The van der Waals surface area contributed by atoms with Gasteiger partial charge in [-0.25, -0.2) is 14.4 Å². The van der Waals surface area contributed by atoms with Crippen molar-refractivity contribution in [2.24, 2.45) is 0 Å². The molecule has 1 aromatic heterocycles. The molecular weight excluding hydrogens is 245 g/mol. The molecule has 2 aromatic rings. The normalized spacial score (nSPS) is 10.3. The fourth-order valence-corrected chi connectivity index (χ4v) is 1.74. The van der Waals surface area contributed by atoms with Gasteiger partial charge in [-0.1, -0.05) is 18.2 Å². The van der Waals surface area contributed by atoms with Crippen molar-refractivity contribution in [3.8, 4) is 0 Å². The smallest absolute Gasteiger partial charge is 0.270 e. The maximum atomic E-state index is 13.4. The van der Waals surface area contributed by atoms with Crippen molar-refractivity contribution in [3.63, 3.8) is 0 Å². The molecule has 0 aliphatic carbocycles. The number of carbonyl (C=O) groups excluding carboxylic acids is 1. The number of rotatable bonds is 3. The number of hydrogen-bond donors (Lipinski definition) is 1. The molecule has 19 heavy (non-hydrogen) atoms. The van der Waals surface area contributed by atoms with Gasteiger partial charge < -0.3 is 5.32 Å². The Morgan fingerprint density at radius 1 is 1.26 bits per heavy atom. The molecule has 98 valence electrons. The summed E-state index contributed by atoms with van der Waals surface area (Å²) >= 11 is 0. The average Bonchev–Trinajstić information content (AvgIpc) is 2.36. The van der Waals surface area contributed by atoms with Gasteiger partial charge >= 0.3 is 0 Å². The number of amides is 1. The minimum absolute atomic E-state index is 0.133. The Morgan fingerprint density at radius 3 is 2.68 bits per heavy atom. The number of nitrogens with one attached hydrogen (secondary N) is 1. The predicted octanol–water partition coefficient (Wildman–Crippen LogP) is 2.16. The van der Waals surface area contributed by atoms with E-state index < -0.39 is 0 Å². The van der Waals surface area contributed by atoms with Gasteiger partial charge in [-0.15, -0.1) is 0 Å². The van der Waals surface area contributed by atoms with Crippen molar-refractivity contribution in [2.75, 3.05) is 0 Å². The lowest BCUT2D eigenvalue weighted by Crippen LogP contribution is -2.24. The van der Waals surface area contributed by atoms with Gasteiger partial charge in [-0.05, 0) is 26.0 Å². The Kier molecular flexibility index (Phi) is 3.85. The predicted molar refractivity (Wildman–Crippen MR) is 69.1 cm³/mol.